The summed E-state index contributed by atoms with van der Waals surface area (Å²) in [5.41, 5.74) is 0.218. The first-order valence-electron chi connectivity index (χ1n) is 5.29. The molecule has 0 aliphatic heterocycles. The molecule has 2 rings (SSSR count). The van der Waals surface area contributed by atoms with Crippen molar-refractivity contribution in [2.75, 3.05) is 5.32 Å². The Balaban J connectivity index is 2.19. The number of nitrogens with one attached hydrogen (secondary N) is 1. The van der Waals surface area contributed by atoms with Crippen LogP contribution in [0, 0.1) is 0 Å². The minimum absolute atomic E-state index is 0.0325. The van der Waals surface area contributed by atoms with Gasteiger partial charge in [0, 0.05) is 16.9 Å². The quantitative estimate of drug-likeness (QED) is 0.825. The SMILES string of the molecule is O=C(O)c1ccc(NC(=O)c2cc(Br)cnc2Cl)nc1. The lowest BCUT2D eigenvalue weighted by molar-refractivity contribution is 0.0696. The molecule has 0 spiro atoms. The van der Waals surface area contributed by atoms with Crippen LogP contribution in [0.5, 0.6) is 0 Å². The summed E-state index contributed by atoms with van der Waals surface area (Å²) in [5.74, 6) is -1.36. The fourth-order valence-electron chi connectivity index (χ4n) is 1.36. The molecule has 0 saturated carbocycles. The van der Waals surface area contributed by atoms with E-state index in [9.17, 15) is 9.59 Å². The zero-order chi connectivity index (χ0) is 14.7. The lowest BCUT2D eigenvalue weighted by Crippen LogP contribution is -2.14. The van der Waals surface area contributed by atoms with Crippen molar-refractivity contribution in [3.8, 4) is 0 Å². The highest BCUT2D eigenvalue weighted by Gasteiger charge is 2.13. The zero-order valence-corrected chi connectivity index (χ0v) is 12.1. The van der Waals surface area contributed by atoms with Gasteiger partial charge in [-0.15, -0.1) is 0 Å². The first kappa shape index (κ1) is 14.4. The van der Waals surface area contributed by atoms with Crippen molar-refractivity contribution in [1.82, 2.24) is 9.97 Å². The van der Waals surface area contributed by atoms with E-state index in [1.54, 1.807) is 0 Å². The average Bonchev–Trinajstić information content (AvgIpc) is 2.42. The smallest absolute Gasteiger partial charge is 0.337 e. The molecule has 2 aromatic rings. The van der Waals surface area contributed by atoms with Crippen LogP contribution in [-0.4, -0.2) is 27.0 Å². The summed E-state index contributed by atoms with van der Waals surface area (Å²) >= 11 is 9.03. The van der Waals surface area contributed by atoms with E-state index >= 15 is 0 Å². The lowest BCUT2D eigenvalue weighted by Gasteiger charge is -2.06. The molecular weight excluding hydrogens is 350 g/mol. The Hall–Kier alpha value is -1.99. The van der Waals surface area contributed by atoms with Crippen LogP contribution >= 0.6 is 27.5 Å². The molecule has 0 aliphatic rings. The number of hydrogen-bond acceptors (Lipinski definition) is 4. The van der Waals surface area contributed by atoms with Crippen LogP contribution in [0.1, 0.15) is 20.7 Å². The van der Waals surface area contributed by atoms with Crippen molar-refractivity contribution in [3.63, 3.8) is 0 Å². The molecular formula is C12H7BrClN3O3. The van der Waals surface area contributed by atoms with Gasteiger partial charge in [-0.2, -0.15) is 0 Å². The Bertz CT molecular complexity index is 676. The van der Waals surface area contributed by atoms with Gasteiger partial charge in [0.25, 0.3) is 5.91 Å². The number of amides is 1. The zero-order valence-electron chi connectivity index (χ0n) is 9.80. The molecule has 0 saturated heterocycles. The Morgan fingerprint density at radius 1 is 1.25 bits per heavy atom. The minimum Gasteiger partial charge on any atom is -0.478 e. The van der Waals surface area contributed by atoms with Crippen LogP contribution in [0.25, 0.3) is 0 Å². The maximum Gasteiger partial charge on any atom is 0.337 e. The van der Waals surface area contributed by atoms with E-state index in [0.29, 0.717) is 4.47 Å². The molecule has 8 heteroatoms. The van der Waals surface area contributed by atoms with Crippen LogP contribution in [-0.2, 0) is 0 Å². The molecule has 2 aromatic heterocycles. The Morgan fingerprint density at radius 3 is 2.60 bits per heavy atom. The average molecular weight is 357 g/mol. The molecule has 2 heterocycles. The third kappa shape index (κ3) is 3.31. The van der Waals surface area contributed by atoms with Crippen LogP contribution in [0.15, 0.2) is 35.1 Å². The Labute approximate surface area is 126 Å². The first-order valence-corrected chi connectivity index (χ1v) is 6.46. The summed E-state index contributed by atoms with van der Waals surface area (Å²) in [6.45, 7) is 0. The normalized spacial score (nSPS) is 10.1. The summed E-state index contributed by atoms with van der Waals surface area (Å²) in [5, 5.41) is 11.3. The number of pyridine rings is 2. The van der Waals surface area contributed by atoms with Gasteiger partial charge >= 0.3 is 5.97 Å². The summed E-state index contributed by atoms with van der Waals surface area (Å²) < 4.78 is 0.612. The first-order chi connectivity index (χ1) is 9.47. The lowest BCUT2D eigenvalue weighted by atomic mass is 10.2. The highest BCUT2D eigenvalue weighted by Crippen LogP contribution is 2.19. The van der Waals surface area contributed by atoms with Gasteiger partial charge in [-0.3, -0.25) is 4.79 Å². The second-order valence-corrected chi connectivity index (χ2v) is 4.96. The van der Waals surface area contributed by atoms with E-state index in [1.807, 2.05) is 0 Å². The monoisotopic (exact) mass is 355 g/mol. The van der Waals surface area contributed by atoms with Gasteiger partial charge in [-0.1, -0.05) is 11.6 Å². The molecule has 20 heavy (non-hydrogen) atoms. The second kappa shape index (κ2) is 5.98. The molecule has 0 fully saturated rings. The maximum atomic E-state index is 12.0. The highest BCUT2D eigenvalue weighted by atomic mass is 79.9. The number of nitrogens with zero attached hydrogens (tertiary/aromatic N) is 2. The predicted molar refractivity (Wildman–Crippen MR) is 76.1 cm³/mol. The molecule has 0 unspecified atom stereocenters. The van der Waals surface area contributed by atoms with E-state index in [2.05, 4.69) is 31.2 Å². The standard InChI is InChI=1S/C12H7BrClN3O3/c13-7-3-8(10(14)16-5-7)11(18)17-9-2-1-6(4-15-9)12(19)20/h1-5H,(H,19,20)(H,15,17,18). The molecule has 0 atom stereocenters. The number of aromatic carboxylic acids is 1. The Kier molecular flexibility index (Phi) is 4.31. The number of anilines is 1. The molecule has 2 N–H and O–H groups in total. The van der Waals surface area contributed by atoms with E-state index in [0.717, 1.165) is 6.20 Å². The molecule has 0 aromatic carbocycles. The van der Waals surface area contributed by atoms with E-state index in [-0.39, 0.29) is 22.1 Å². The van der Waals surface area contributed by atoms with Crippen molar-refractivity contribution in [2.45, 2.75) is 0 Å². The van der Waals surface area contributed by atoms with Gasteiger partial charge in [-0.05, 0) is 34.1 Å². The molecule has 102 valence electrons. The molecule has 6 nitrogen and oxygen atoms in total. The van der Waals surface area contributed by atoms with Gasteiger partial charge in [0.1, 0.15) is 11.0 Å². The molecule has 0 bridgehead atoms. The van der Waals surface area contributed by atoms with Crippen molar-refractivity contribution < 1.29 is 14.7 Å². The Morgan fingerprint density at radius 2 is 2.00 bits per heavy atom. The topological polar surface area (TPSA) is 92.2 Å². The largest absolute Gasteiger partial charge is 0.478 e. The summed E-state index contributed by atoms with van der Waals surface area (Å²) in [6.07, 6.45) is 2.62. The van der Waals surface area contributed by atoms with Crippen molar-refractivity contribution in [3.05, 3.63) is 51.3 Å². The summed E-state index contributed by atoms with van der Waals surface area (Å²) in [6, 6.07) is 4.25. The van der Waals surface area contributed by atoms with Crippen LogP contribution < -0.4 is 5.32 Å². The number of rotatable bonds is 3. The van der Waals surface area contributed by atoms with Crippen molar-refractivity contribution >= 4 is 45.2 Å². The van der Waals surface area contributed by atoms with Crippen LogP contribution in [0.3, 0.4) is 0 Å². The number of carbonyl (C=O) groups excluding carboxylic acids is 1. The molecule has 0 radical (unpaired) electrons. The van der Waals surface area contributed by atoms with E-state index in [1.165, 1.54) is 24.4 Å². The molecule has 1 amide bonds. The summed E-state index contributed by atoms with van der Waals surface area (Å²) in [7, 11) is 0. The number of carbonyl (C=O) groups is 2. The van der Waals surface area contributed by atoms with E-state index < -0.39 is 11.9 Å². The third-order valence-electron chi connectivity index (χ3n) is 2.30. The number of carboxylic acid groups (broad SMARTS) is 1. The second-order valence-electron chi connectivity index (χ2n) is 3.68. The van der Waals surface area contributed by atoms with Crippen LogP contribution in [0.4, 0.5) is 5.82 Å². The highest BCUT2D eigenvalue weighted by molar-refractivity contribution is 9.10. The number of halogens is 2. The third-order valence-corrected chi connectivity index (χ3v) is 3.04. The maximum absolute atomic E-state index is 12.0. The fourth-order valence-corrected chi connectivity index (χ4v) is 1.88. The minimum atomic E-state index is -1.09. The summed E-state index contributed by atoms with van der Waals surface area (Å²) in [4.78, 5) is 30.3. The van der Waals surface area contributed by atoms with Gasteiger partial charge in [0.05, 0.1) is 11.1 Å². The van der Waals surface area contributed by atoms with Gasteiger partial charge < -0.3 is 10.4 Å². The van der Waals surface area contributed by atoms with E-state index in [4.69, 9.17) is 16.7 Å². The van der Waals surface area contributed by atoms with Crippen molar-refractivity contribution in [2.24, 2.45) is 0 Å². The van der Waals surface area contributed by atoms with Gasteiger partial charge in [0.2, 0.25) is 0 Å². The fraction of sp³-hybridized carbons (Fsp3) is 0. The predicted octanol–water partition coefficient (Wildman–Crippen LogP) is 2.84. The number of carboxylic acids is 1. The number of aromatic nitrogens is 2. The van der Waals surface area contributed by atoms with Gasteiger partial charge in [-0.25, -0.2) is 14.8 Å². The van der Waals surface area contributed by atoms with Gasteiger partial charge in [0.15, 0.2) is 0 Å². The molecule has 0 aliphatic carbocycles. The van der Waals surface area contributed by atoms with Crippen molar-refractivity contribution in [1.29, 1.82) is 0 Å². The number of hydrogen-bond donors (Lipinski definition) is 2. The van der Waals surface area contributed by atoms with Crippen LogP contribution in [0.2, 0.25) is 5.15 Å².